The van der Waals surface area contributed by atoms with Crippen molar-refractivity contribution >= 4 is 11.4 Å². The molecule has 0 radical (unpaired) electrons. The Kier molecular flexibility index (Phi) is 18.9. The number of hydrogen-bond acceptors (Lipinski definition) is 0. The molecule has 0 spiro atoms. The van der Waals surface area contributed by atoms with E-state index < -0.39 is 0 Å². The van der Waals surface area contributed by atoms with Gasteiger partial charge in [0.15, 0.2) is 0 Å². The average molecular weight is 663 g/mol. The van der Waals surface area contributed by atoms with E-state index in [-0.39, 0.29) is 0 Å². The molecule has 42 heavy (non-hydrogen) atoms. The van der Waals surface area contributed by atoms with Crippen LogP contribution in [0.15, 0.2) is 59.7 Å². The van der Waals surface area contributed by atoms with Gasteiger partial charge in [-0.25, -0.2) is 4.70 Å². The van der Waals surface area contributed by atoms with E-state index in [2.05, 4.69) is 90.1 Å². The van der Waals surface area contributed by atoms with Crippen LogP contribution < -0.4 is 0 Å². The van der Waals surface area contributed by atoms with Crippen LogP contribution in [0.5, 0.6) is 0 Å². The van der Waals surface area contributed by atoms with Crippen molar-refractivity contribution in [1.82, 2.24) is 0 Å². The van der Waals surface area contributed by atoms with Crippen molar-refractivity contribution in [3.8, 4) is 0 Å². The van der Waals surface area contributed by atoms with Gasteiger partial charge < -0.3 is 5.53 Å². The van der Waals surface area contributed by atoms with E-state index in [0.717, 1.165) is 79.0 Å². The monoisotopic (exact) mass is 662 g/mol. The minimum atomic E-state index is 1.02. The molecule has 0 saturated heterocycles. The van der Waals surface area contributed by atoms with E-state index in [1.807, 2.05) is 0 Å². The summed E-state index contributed by atoms with van der Waals surface area (Å²) in [4.78, 5) is 2.79. The Balaban J connectivity index is 0.00000113. The van der Waals surface area contributed by atoms with Gasteiger partial charge in [-0.05, 0) is 86.8 Å². The number of unbranched alkanes of at least 4 members (excludes halogenated alkanes) is 7. The molecular weight excluding hydrogens is 603 g/mol. The summed E-state index contributed by atoms with van der Waals surface area (Å²) < 4.78 is 1.56. The predicted octanol–water partition coefficient (Wildman–Crippen LogP) is 13.0. The maximum absolute atomic E-state index is 11.9. The van der Waals surface area contributed by atoms with Crippen LogP contribution in [0.2, 0.25) is 9.79 Å². The summed E-state index contributed by atoms with van der Waals surface area (Å²) in [7, 11) is 0. The zero-order valence-corrected chi connectivity index (χ0v) is 29.4. The third-order valence-corrected chi connectivity index (χ3v) is 9.58. The van der Waals surface area contributed by atoms with E-state index in [1.54, 1.807) is 4.70 Å². The van der Waals surface area contributed by atoms with Crippen LogP contribution in [-0.4, -0.2) is 4.70 Å². The van der Waals surface area contributed by atoms with Crippen LogP contribution in [0.4, 0.5) is 0 Å². The van der Waals surface area contributed by atoms with Gasteiger partial charge in [0.2, 0.25) is 11.4 Å². The van der Waals surface area contributed by atoms with Gasteiger partial charge in [-0.3, -0.25) is 0 Å². The Morgan fingerprint density at radius 1 is 0.524 bits per heavy atom. The molecule has 0 fully saturated rings. The molecule has 2 aromatic rings. The van der Waals surface area contributed by atoms with E-state index in [1.165, 1.54) is 89.8 Å². The van der Waals surface area contributed by atoms with Gasteiger partial charge in [-0.2, -0.15) is 0 Å². The molecule has 0 bridgehead atoms. The number of benzene rings is 2. The number of allylic oxidation sites excluding steroid dienone is 2. The standard InChI is InChI=1S/C35H50N2.2C2H5.Pd/c1-5-9-13-18-28-20-16-22-30(26-28)34-32(24-12-8-4)33(25-15-11-7-3)35(37(34)36)31-23-17-21-29(27-31)19-14-10-6-2;2*1-2;/h16-17,20-23,26-27H,5-15,18-19,24-25H2,1-4H3;2*1H2,2H3;. The Hall–Kier alpha value is -1.82. The average Bonchev–Trinajstić information content (AvgIpc) is 3.28. The second kappa shape index (κ2) is 21.8. The summed E-state index contributed by atoms with van der Waals surface area (Å²) in [5.74, 6) is 0. The van der Waals surface area contributed by atoms with Crippen LogP contribution >= 0.6 is 0 Å². The Morgan fingerprint density at radius 2 is 0.929 bits per heavy atom. The molecule has 1 aliphatic heterocycles. The molecule has 3 rings (SSSR count). The van der Waals surface area contributed by atoms with Gasteiger partial charge in [-0.15, -0.1) is 0 Å². The van der Waals surface area contributed by atoms with Crippen molar-refractivity contribution in [2.45, 2.75) is 148 Å². The fourth-order valence-corrected chi connectivity index (χ4v) is 6.53. The van der Waals surface area contributed by atoms with Gasteiger partial charge in [0.05, 0.1) is 0 Å². The van der Waals surface area contributed by atoms with Gasteiger partial charge in [-0.1, -0.05) is 96.9 Å². The van der Waals surface area contributed by atoms with Crippen LogP contribution in [0.3, 0.4) is 0 Å². The molecule has 0 aromatic heterocycles. The van der Waals surface area contributed by atoms with Crippen molar-refractivity contribution in [2.75, 3.05) is 0 Å². The van der Waals surface area contributed by atoms with Crippen molar-refractivity contribution in [3.05, 3.63) is 87.5 Å². The zero-order chi connectivity index (χ0) is 30.6. The zero-order valence-electron chi connectivity index (χ0n) is 27.9. The van der Waals surface area contributed by atoms with Gasteiger partial charge in [0.1, 0.15) is 0 Å². The van der Waals surface area contributed by atoms with Crippen LogP contribution in [0.1, 0.15) is 147 Å². The van der Waals surface area contributed by atoms with Gasteiger partial charge in [0, 0.05) is 22.3 Å². The van der Waals surface area contributed by atoms with Crippen molar-refractivity contribution < 1.29 is 22.7 Å². The molecule has 0 unspecified atom stereocenters. The summed E-state index contributed by atoms with van der Waals surface area (Å²) in [6.07, 6.45) is 17.6. The van der Waals surface area contributed by atoms with Gasteiger partial charge in [0.25, 0.3) is 0 Å². The quantitative estimate of drug-likeness (QED) is 0.0812. The van der Waals surface area contributed by atoms with Crippen LogP contribution in [0, 0.1) is 0 Å². The molecule has 1 aliphatic rings. The molecule has 3 heteroatoms. The summed E-state index contributed by atoms with van der Waals surface area (Å²) in [5, 5.41) is 0. The first-order valence-electron chi connectivity index (χ1n) is 17.1. The third kappa shape index (κ3) is 11.7. The van der Waals surface area contributed by atoms with Crippen LogP contribution in [0.25, 0.3) is 16.9 Å². The summed E-state index contributed by atoms with van der Waals surface area (Å²) in [6, 6.07) is 17.9. The normalized spacial score (nSPS) is 13.2. The van der Waals surface area contributed by atoms with Gasteiger partial charge >= 0.3 is 41.6 Å². The number of aryl methyl sites for hydroxylation is 2. The van der Waals surface area contributed by atoms with Crippen LogP contribution in [-0.2, 0) is 30.8 Å². The van der Waals surface area contributed by atoms with Crippen molar-refractivity contribution in [2.24, 2.45) is 0 Å². The first kappa shape index (κ1) is 36.4. The molecule has 0 atom stereocenters. The SMILES string of the molecule is CCCCCC1=C(c2cccc(CCCCC)c2)[N+](=[N-])C(c2cccc(CCCCC)c2)=C1CCCC.C[CH2][Pd][CH2]C. The number of nitrogens with zero attached hydrogens (tertiary/aromatic N) is 2. The minimum absolute atomic E-state index is 1.02. The molecular formula is C39H60N2Pd. The molecule has 236 valence electrons. The van der Waals surface area contributed by atoms with Crippen molar-refractivity contribution in [3.63, 3.8) is 0 Å². The number of rotatable bonds is 19. The molecule has 2 nitrogen and oxygen atoms in total. The van der Waals surface area contributed by atoms with Crippen molar-refractivity contribution in [1.29, 1.82) is 0 Å². The first-order chi connectivity index (χ1) is 20.6. The number of hydrogen-bond donors (Lipinski definition) is 0. The second-order valence-corrected chi connectivity index (χ2v) is 14.4. The van der Waals surface area contributed by atoms with E-state index in [9.17, 15) is 5.53 Å². The molecule has 0 N–H and O–H groups in total. The van der Waals surface area contributed by atoms with E-state index in [0.29, 0.717) is 0 Å². The molecule has 0 aliphatic carbocycles. The van der Waals surface area contributed by atoms with E-state index in [4.69, 9.17) is 0 Å². The Labute approximate surface area is 268 Å². The fourth-order valence-electron chi connectivity index (χ4n) is 5.75. The molecule has 0 saturated carbocycles. The fraction of sp³-hybridized carbons (Fsp3) is 0.590. The summed E-state index contributed by atoms with van der Waals surface area (Å²) in [5.41, 5.74) is 21.7. The molecule has 2 aromatic carbocycles. The summed E-state index contributed by atoms with van der Waals surface area (Å²) >= 11 is 1.04. The Bertz CT molecular complexity index is 1120. The Morgan fingerprint density at radius 3 is 1.31 bits per heavy atom. The van der Waals surface area contributed by atoms with E-state index >= 15 is 0 Å². The predicted molar refractivity (Wildman–Crippen MR) is 181 cm³/mol. The third-order valence-electron chi connectivity index (χ3n) is 8.03. The topological polar surface area (TPSA) is 25.3 Å². The summed E-state index contributed by atoms with van der Waals surface area (Å²) in [6.45, 7) is 13.5. The first-order valence-corrected chi connectivity index (χ1v) is 19.3. The molecule has 1 heterocycles. The maximum atomic E-state index is 11.9. The molecule has 0 amide bonds. The second-order valence-electron chi connectivity index (χ2n) is 11.4.